The van der Waals surface area contributed by atoms with Crippen molar-refractivity contribution in [3.8, 4) is 0 Å². The molecule has 0 aliphatic carbocycles. The quantitative estimate of drug-likeness (QED) is 0.162. The van der Waals surface area contributed by atoms with Gasteiger partial charge in [-0.25, -0.2) is 4.57 Å². The second-order valence-corrected chi connectivity index (χ2v) is 9.31. The summed E-state index contributed by atoms with van der Waals surface area (Å²) in [4.78, 5) is 1.81. The molecule has 0 fully saturated rings. The van der Waals surface area contributed by atoms with E-state index in [1.54, 1.807) is 11.8 Å². The van der Waals surface area contributed by atoms with Gasteiger partial charge in [0.05, 0.1) is 63.5 Å². The number of aryl methyl sites for hydroxylation is 2. The van der Waals surface area contributed by atoms with E-state index in [2.05, 4.69) is 10.2 Å². The Bertz CT molecular complexity index is 912. The van der Waals surface area contributed by atoms with Crippen molar-refractivity contribution in [3.63, 3.8) is 0 Å². The summed E-state index contributed by atoms with van der Waals surface area (Å²) >= 11 is 1.48. The summed E-state index contributed by atoms with van der Waals surface area (Å²) in [5.41, 5.74) is 2.32. The molecule has 2 rings (SSSR count). The maximum absolute atomic E-state index is 10.5. The summed E-state index contributed by atoms with van der Waals surface area (Å²) in [5.74, 6) is 0. The summed E-state index contributed by atoms with van der Waals surface area (Å²) in [6, 6.07) is 5.56. The van der Waals surface area contributed by atoms with Crippen LogP contribution >= 0.6 is 11.3 Å². The molecule has 196 valence electrons. The van der Waals surface area contributed by atoms with Crippen LogP contribution in [-0.4, -0.2) is 96.1 Å². The lowest BCUT2D eigenvalue weighted by atomic mass is 10.1. The van der Waals surface area contributed by atoms with Gasteiger partial charge in [-0.3, -0.25) is 0 Å². The Kier molecular flexibility index (Phi) is 12.7. The van der Waals surface area contributed by atoms with E-state index in [1.807, 2.05) is 48.3 Å². The minimum Gasteiger partial charge on any atom is -0.394 e. The van der Waals surface area contributed by atoms with E-state index in [0.29, 0.717) is 5.69 Å². The highest BCUT2D eigenvalue weighted by atomic mass is 32.1. The average Bonchev–Trinajstić information content (AvgIpc) is 3.22. The highest BCUT2D eigenvalue weighted by Gasteiger charge is 2.19. The number of hydrogen-bond acceptors (Lipinski definition) is 11. The summed E-state index contributed by atoms with van der Waals surface area (Å²) in [5, 5.41) is 59.9. The molecule has 0 saturated carbocycles. The zero-order valence-electron chi connectivity index (χ0n) is 20.4. The molecule has 0 aliphatic rings. The maximum atomic E-state index is 10.5. The number of aromatic nitrogens is 1. The average molecular weight is 514 g/mol. The molecule has 11 nitrogen and oxygen atoms in total. The van der Waals surface area contributed by atoms with Gasteiger partial charge < -0.3 is 39.9 Å². The van der Waals surface area contributed by atoms with E-state index in [-0.39, 0.29) is 39.5 Å². The third-order valence-electron chi connectivity index (χ3n) is 4.91. The number of ether oxygens (including phenoxy) is 2. The number of aliphatic hydroxyl groups excluding tert-OH is 5. The molecule has 1 aromatic heterocycles. The van der Waals surface area contributed by atoms with E-state index in [9.17, 15) is 20.4 Å². The predicted molar refractivity (Wildman–Crippen MR) is 131 cm³/mol. The van der Waals surface area contributed by atoms with Crippen LogP contribution in [0.25, 0.3) is 0 Å². The van der Waals surface area contributed by atoms with E-state index in [4.69, 9.17) is 14.6 Å². The Morgan fingerprint density at radius 1 is 0.971 bits per heavy atom. The van der Waals surface area contributed by atoms with Gasteiger partial charge in [0.2, 0.25) is 0 Å². The first kappa shape index (κ1) is 29.2. The minimum absolute atomic E-state index is 0.0276. The largest absolute Gasteiger partial charge is 0.408 e. The van der Waals surface area contributed by atoms with Gasteiger partial charge in [0.25, 0.3) is 0 Å². The predicted octanol–water partition coefficient (Wildman–Crippen LogP) is 0.592. The van der Waals surface area contributed by atoms with Gasteiger partial charge in [0, 0.05) is 24.2 Å². The standard InChI is InChI=1S/C23H37N4O7S/c1-16-8-18(4-5-22(16)24-25-23-26(3)6-7-35-23)27(9-19(30)13-33-12-17(2)29)10-20(31)14-34-15-21(32)11-28/h4-8,17,19-21,28-32H,9-15H2,1-3H3/q+1. The topological polar surface area (TPSA) is 151 Å². The van der Waals surface area contributed by atoms with Crippen molar-refractivity contribution >= 4 is 27.8 Å². The summed E-state index contributed by atoms with van der Waals surface area (Å²) in [6.45, 7) is 3.40. The summed E-state index contributed by atoms with van der Waals surface area (Å²) < 4.78 is 12.5. The Balaban J connectivity index is 2.10. The van der Waals surface area contributed by atoms with E-state index in [1.165, 1.54) is 11.3 Å². The van der Waals surface area contributed by atoms with Gasteiger partial charge in [0.1, 0.15) is 18.0 Å². The summed E-state index contributed by atoms with van der Waals surface area (Å²) in [7, 11) is 1.90. The van der Waals surface area contributed by atoms with Crippen LogP contribution in [0.2, 0.25) is 0 Å². The molecule has 12 heteroatoms. The molecule has 4 unspecified atom stereocenters. The van der Waals surface area contributed by atoms with Crippen LogP contribution in [-0.2, 0) is 16.5 Å². The van der Waals surface area contributed by atoms with E-state index >= 15 is 0 Å². The van der Waals surface area contributed by atoms with Gasteiger partial charge >= 0.3 is 5.13 Å². The van der Waals surface area contributed by atoms with Crippen LogP contribution in [0.1, 0.15) is 12.5 Å². The second kappa shape index (κ2) is 15.2. The number of thiazole rings is 1. The van der Waals surface area contributed by atoms with Gasteiger partial charge in [-0.05, 0) is 54.1 Å². The first-order valence-corrected chi connectivity index (χ1v) is 12.3. The Hall–Kier alpha value is -2.03. The molecule has 2 aromatic rings. The van der Waals surface area contributed by atoms with Crippen molar-refractivity contribution in [2.75, 3.05) is 51.0 Å². The SMILES string of the molecule is Cc1cc(N(CC(O)COCC(C)O)CC(O)COCC(O)CO)ccc1N=Nc1scc[n+]1C. The molecule has 1 heterocycles. The first-order valence-electron chi connectivity index (χ1n) is 11.4. The van der Waals surface area contributed by atoms with E-state index in [0.717, 1.165) is 16.4 Å². The zero-order chi connectivity index (χ0) is 25.8. The van der Waals surface area contributed by atoms with Crippen LogP contribution in [0.4, 0.5) is 16.5 Å². The minimum atomic E-state index is -1.01. The number of nitrogens with zero attached hydrogens (tertiary/aromatic N) is 4. The Morgan fingerprint density at radius 3 is 2.14 bits per heavy atom. The molecular weight excluding hydrogens is 476 g/mol. The maximum Gasteiger partial charge on any atom is 0.408 e. The fourth-order valence-corrected chi connectivity index (χ4v) is 3.82. The molecule has 1 aromatic carbocycles. The number of aliphatic hydroxyl groups is 5. The van der Waals surface area contributed by atoms with Crippen molar-refractivity contribution in [2.24, 2.45) is 17.3 Å². The van der Waals surface area contributed by atoms with Crippen LogP contribution in [0.15, 0.2) is 40.0 Å². The van der Waals surface area contributed by atoms with Crippen LogP contribution in [0.5, 0.6) is 0 Å². The number of azo groups is 1. The highest BCUT2D eigenvalue weighted by Crippen LogP contribution is 2.27. The third-order valence-corrected chi connectivity index (χ3v) is 5.75. The molecule has 35 heavy (non-hydrogen) atoms. The molecule has 0 amide bonds. The summed E-state index contributed by atoms with van der Waals surface area (Å²) in [6.07, 6.45) is -1.51. The van der Waals surface area contributed by atoms with Gasteiger partial charge in [-0.2, -0.15) is 0 Å². The van der Waals surface area contributed by atoms with Crippen molar-refractivity contribution in [1.29, 1.82) is 0 Å². The number of benzene rings is 1. The molecule has 0 aliphatic heterocycles. The fourth-order valence-electron chi connectivity index (χ4n) is 3.14. The fraction of sp³-hybridized carbons (Fsp3) is 0.609. The third kappa shape index (κ3) is 10.6. The van der Waals surface area contributed by atoms with Gasteiger partial charge in [0.15, 0.2) is 0 Å². The van der Waals surface area contributed by atoms with Crippen molar-refractivity contribution in [3.05, 3.63) is 35.3 Å². The first-order chi connectivity index (χ1) is 16.7. The Labute approximate surface area is 209 Å². The smallest absolute Gasteiger partial charge is 0.394 e. The number of hydrogen-bond donors (Lipinski definition) is 5. The monoisotopic (exact) mass is 513 g/mol. The highest BCUT2D eigenvalue weighted by molar-refractivity contribution is 7.12. The van der Waals surface area contributed by atoms with Crippen molar-refractivity contribution < 1.29 is 39.6 Å². The van der Waals surface area contributed by atoms with Crippen LogP contribution in [0, 0.1) is 6.92 Å². The van der Waals surface area contributed by atoms with Crippen LogP contribution in [0.3, 0.4) is 0 Å². The lowest BCUT2D eigenvalue weighted by molar-refractivity contribution is -0.654. The van der Waals surface area contributed by atoms with Crippen molar-refractivity contribution in [1.82, 2.24) is 0 Å². The van der Waals surface area contributed by atoms with Gasteiger partial charge in [-0.15, -0.1) is 0 Å². The molecule has 0 radical (unpaired) electrons. The number of rotatable bonds is 16. The molecular formula is C23H37N4O7S+. The molecule has 4 atom stereocenters. The molecule has 0 spiro atoms. The van der Waals surface area contributed by atoms with E-state index < -0.39 is 31.0 Å². The normalized spacial score (nSPS) is 15.3. The lowest BCUT2D eigenvalue weighted by Crippen LogP contribution is -2.41. The second-order valence-electron chi connectivity index (χ2n) is 8.44. The van der Waals surface area contributed by atoms with Crippen LogP contribution < -0.4 is 9.47 Å². The van der Waals surface area contributed by atoms with Gasteiger partial charge in [-0.1, -0.05) is 0 Å². The molecule has 0 bridgehead atoms. The molecule has 5 N–H and O–H groups in total. The Morgan fingerprint density at radius 2 is 1.60 bits per heavy atom. The molecule has 0 saturated heterocycles. The number of anilines is 1. The zero-order valence-corrected chi connectivity index (χ0v) is 21.2. The lowest BCUT2D eigenvalue weighted by Gasteiger charge is -2.30. The van der Waals surface area contributed by atoms with Crippen molar-refractivity contribution in [2.45, 2.75) is 38.3 Å².